The number of benzene rings is 1. The average Bonchev–Trinajstić information content (AvgIpc) is 2.28. The predicted octanol–water partition coefficient (Wildman–Crippen LogP) is 2.26. The van der Waals surface area contributed by atoms with Gasteiger partial charge in [0, 0.05) is 6.54 Å². The maximum Gasteiger partial charge on any atom is 0.122 e. The molecule has 0 atom stereocenters. The highest BCUT2D eigenvalue weighted by molar-refractivity contribution is 5.38. The van der Waals surface area contributed by atoms with E-state index in [0.717, 1.165) is 18.9 Å². The Morgan fingerprint density at radius 3 is 2.53 bits per heavy atom. The Hall–Kier alpha value is -1.06. The third-order valence-corrected chi connectivity index (χ3v) is 2.72. The van der Waals surface area contributed by atoms with Crippen LogP contribution in [0.2, 0.25) is 0 Å². The van der Waals surface area contributed by atoms with E-state index in [2.05, 4.69) is 24.8 Å². The van der Waals surface area contributed by atoms with Crippen LogP contribution in [0, 0.1) is 13.8 Å². The predicted molar refractivity (Wildman–Crippen MR) is 70.8 cm³/mol. The van der Waals surface area contributed by atoms with Gasteiger partial charge in [-0.2, -0.15) is 0 Å². The molecule has 1 rings (SSSR count). The van der Waals surface area contributed by atoms with Gasteiger partial charge in [-0.15, -0.1) is 0 Å². The summed E-state index contributed by atoms with van der Waals surface area (Å²) in [5.74, 6) is 0.959. The normalized spacial score (nSPS) is 10.9. The van der Waals surface area contributed by atoms with Gasteiger partial charge in [0.05, 0.1) is 13.2 Å². The summed E-state index contributed by atoms with van der Waals surface area (Å²) in [4.78, 5) is 2.10. The molecule has 0 heterocycles. The SMILES string of the molecule is Cc1cccc(OCCOCCN(C)C)c1C. The zero-order valence-electron chi connectivity index (χ0n) is 11.3. The van der Waals surface area contributed by atoms with Crippen molar-refractivity contribution in [3.8, 4) is 5.75 Å². The number of rotatable bonds is 7. The second-order valence-electron chi connectivity index (χ2n) is 4.46. The molecule has 1 aromatic carbocycles. The molecular formula is C14H23NO2. The minimum Gasteiger partial charge on any atom is -0.491 e. The Bertz CT molecular complexity index is 337. The van der Waals surface area contributed by atoms with Gasteiger partial charge in [0.15, 0.2) is 0 Å². The largest absolute Gasteiger partial charge is 0.491 e. The molecule has 0 aliphatic rings. The van der Waals surface area contributed by atoms with Crippen LogP contribution in [0.5, 0.6) is 5.75 Å². The third-order valence-electron chi connectivity index (χ3n) is 2.72. The highest BCUT2D eigenvalue weighted by Gasteiger charge is 2.01. The van der Waals surface area contributed by atoms with Crippen LogP contribution in [0.25, 0.3) is 0 Å². The maximum absolute atomic E-state index is 5.69. The van der Waals surface area contributed by atoms with Crippen molar-refractivity contribution in [1.82, 2.24) is 4.90 Å². The lowest BCUT2D eigenvalue weighted by Crippen LogP contribution is -2.19. The van der Waals surface area contributed by atoms with Crippen LogP contribution in [0.1, 0.15) is 11.1 Å². The minimum absolute atomic E-state index is 0.609. The van der Waals surface area contributed by atoms with Crippen LogP contribution in [-0.2, 0) is 4.74 Å². The van der Waals surface area contributed by atoms with E-state index in [1.807, 2.05) is 26.2 Å². The number of hydrogen-bond acceptors (Lipinski definition) is 3. The highest BCUT2D eigenvalue weighted by atomic mass is 16.5. The molecule has 0 saturated carbocycles. The molecule has 0 aromatic heterocycles. The van der Waals surface area contributed by atoms with Crippen molar-refractivity contribution in [1.29, 1.82) is 0 Å². The first kappa shape index (κ1) is 14.0. The van der Waals surface area contributed by atoms with Crippen LogP contribution < -0.4 is 4.74 Å². The molecule has 0 aliphatic carbocycles. The van der Waals surface area contributed by atoms with E-state index < -0.39 is 0 Å². The minimum atomic E-state index is 0.609. The molecule has 1 aromatic rings. The topological polar surface area (TPSA) is 21.7 Å². The van der Waals surface area contributed by atoms with Crippen molar-refractivity contribution in [2.75, 3.05) is 40.5 Å². The second-order valence-corrected chi connectivity index (χ2v) is 4.46. The molecule has 17 heavy (non-hydrogen) atoms. The first-order valence-corrected chi connectivity index (χ1v) is 6.02. The van der Waals surface area contributed by atoms with E-state index in [0.29, 0.717) is 13.2 Å². The van der Waals surface area contributed by atoms with Gasteiger partial charge in [-0.1, -0.05) is 12.1 Å². The van der Waals surface area contributed by atoms with Gasteiger partial charge in [-0.25, -0.2) is 0 Å². The van der Waals surface area contributed by atoms with Gasteiger partial charge in [0.25, 0.3) is 0 Å². The Kier molecular flexibility index (Phi) is 6.01. The fourth-order valence-corrected chi connectivity index (χ4v) is 1.44. The number of ether oxygens (including phenoxy) is 2. The fraction of sp³-hybridized carbons (Fsp3) is 0.571. The molecule has 0 unspecified atom stereocenters. The van der Waals surface area contributed by atoms with Gasteiger partial charge >= 0.3 is 0 Å². The summed E-state index contributed by atoms with van der Waals surface area (Å²) in [5, 5.41) is 0. The zero-order chi connectivity index (χ0) is 12.7. The van der Waals surface area contributed by atoms with Crippen molar-refractivity contribution in [2.45, 2.75) is 13.8 Å². The van der Waals surface area contributed by atoms with Crippen molar-refractivity contribution in [3.05, 3.63) is 29.3 Å². The lowest BCUT2D eigenvalue weighted by molar-refractivity contribution is 0.0888. The molecular weight excluding hydrogens is 214 g/mol. The van der Waals surface area contributed by atoms with Crippen molar-refractivity contribution in [3.63, 3.8) is 0 Å². The van der Waals surface area contributed by atoms with E-state index in [1.165, 1.54) is 11.1 Å². The summed E-state index contributed by atoms with van der Waals surface area (Å²) in [6, 6.07) is 6.11. The molecule has 0 bridgehead atoms. The van der Waals surface area contributed by atoms with Gasteiger partial charge in [-0.3, -0.25) is 0 Å². The van der Waals surface area contributed by atoms with Gasteiger partial charge in [-0.05, 0) is 45.1 Å². The molecule has 96 valence electrons. The number of aryl methyl sites for hydroxylation is 1. The summed E-state index contributed by atoms with van der Waals surface area (Å²) in [6.45, 7) is 7.12. The van der Waals surface area contributed by atoms with Crippen LogP contribution in [-0.4, -0.2) is 45.4 Å². The van der Waals surface area contributed by atoms with Crippen LogP contribution in [0.15, 0.2) is 18.2 Å². The summed E-state index contributed by atoms with van der Waals surface area (Å²) < 4.78 is 11.2. The smallest absolute Gasteiger partial charge is 0.122 e. The summed E-state index contributed by atoms with van der Waals surface area (Å²) >= 11 is 0. The van der Waals surface area contributed by atoms with E-state index in [9.17, 15) is 0 Å². The second kappa shape index (κ2) is 7.30. The quantitative estimate of drug-likeness (QED) is 0.679. The van der Waals surface area contributed by atoms with Gasteiger partial charge in [0.1, 0.15) is 12.4 Å². The molecule has 0 radical (unpaired) electrons. The van der Waals surface area contributed by atoms with Crippen molar-refractivity contribution in [2.24, 2.45) is 0 Å². The molecule has 0 saturated heterocycles. The molecule has 3 nitrogen and oxygen atoms in total. The Morgan fingerprint density at radius 1 is 1.06 bits per heavy atom. The Morgan fingerprint density at radius 2 is 1.82 bits per heavy atom. The lowest BCUT2D eigenvalue weighted by atomic mass is 10.1. The Balaban J connectivity index is 2.20. The zero-order valence-corrected chi connectivity index (χ0v) is 11.3. The molecule has 0 fully saturated rings. The average molecular weight is 237 g/mol. The monoisotopic (exact) mass is 237 g/mol. The fourth-order valence-electron chi connectivity index (χ4n) is 1.44. The van der Waals surface area contributed by atoms with E-state index in [-0.39, 0.29) is 0 Å². The molecule has 3 heteroatoms. The van der Waals surface area contributed by atoms with Crippen molar-refractivity contribution >= 4 is 0 Å². The van der Waals surface area contributed by atoms with Crippen LogP contribution in [0.3, 0.4) is 0 Å². The molecule has 0 aliphatic heterocycles. The van der Waals surface area contributed by atoms with Gasteiger partial charge < -0.3 is 14.4 Å². The first-order valence-electron chi connectivity index (χ1n) is 6.02. The van der Waals surface area contributed by atoms with E-state index in [4.69, 9.17) is 9.47 Å². The number of nitrogens with zero attached hydrogens (tertiary/aromatic N) is 1. The van der Waals surface area contributed by atoms with Crippen LogP contribution in [0.4, 0.5) is 0 Å². The van der Waals surface area contributed by atoms with E-state index >= 15 is 0 Å². The molecule has 0 N–H and O–H groups in total. The van der Waals surface area contributed by atoms with Gasteiger partial charge in [0.2, 0.25) is 0 Å². The standard InChI is InChI=1S/C14H23NO2/c1-12-6-5-7-14(13(12)2)17-11-10-16-9-8-15(3)4/h5-7H,8-11H2,1-4H3. The first-order chi connectivity index (χ1) is 8.11. The van der Waals surface area contributed by atoms with Crippen molar-refractivity contribution < 1.29 is 9.47 Å². The number of likely N-dealkylation sites (N-methyl/N-ethyl adjacent to an activating group) is 1. The summed E-state index contributed by atoms with van der Waals surface area (Å²) in [6.07, 6.45) is 0. The number of hydrogen-bond donors (Lipinski definition) is 0. The highest BCUT2D eigenvalue weighted by Crippen LogP contribution is 2.20. The maximum atomic E-state index is 5.69. The lowest BCUT2D eigenvalue weighted by Gasteiger charge is -2.12. The molecule has 0 amide bonds. The van der Waals surface area contributed by atoms with Crippen LogP contribution >= 0.6 is 0 Å². The summed E-state index contributed by atoms with van der Waals surface area (Å²) in [7, 11) is 4.08. The Labute approximate surface area is 104 Å². The third kappa shape index (κ3) is 5.20. The summed E-state index contributed by atoms with van der Waals surface area (Å²) in [5.41, 5.74) is 2.47. The molecule has 0 spiro atoms. The van der Waals surface area contributed by atoms with E-state index in [1.54, 1.807) is 0 Å².